The van der Waals surface area contributed by atoms with E-state index < -0.39 is 0 Å². The van der Waals surface area contributed by atoms with Crippen molar-refractivity contribution in [3.8, 4) is 11.1 Å². The zero-order valence-corrected chi connectivity index (χ0v) is 11.3. The Hall–Kier alpha value is -1.68. The quantitative estimate of drug-likeness (QED) is 0.898. The van der Waals surface area contributed by atoms with Crippen molar-refractivity contribution in [2.24, 2.45) is 7.05 Å². The Morgan fingerprint density at radius 2 is 2.26 bits per heavy atom. The molecular formula is C15H18FN3. The van der Waals surface area contributed by atoms with Crippen LogP contribution in [0, 0.1) is 12.7 Å². The van der Waals surface area contributed by atoms with Crippen LogP contribution in [0.15, 0.2) is 24.3 Å². The summed E-state index contributed by atoms with van der Waals surface area (Å²) in [6.07, 6.45) is 2.27. The van der Waals surface area contributed by atoms with Gasteiger partial charge in [0.15, 0.2) is 0 Å². The summed E-state index contributed by atoms with van der Waals surface area (Å²) in [6.45, 7) is 3.06. The summed E-state index contributed by atoms with van der Waals surface area (Å²) in [5.74, 6) is -0.203. The molecule has 1 unspecified atom stereocenters. The number of benzene rings is 1. The fourth-order valence-electron chi connectivity index (χ4n) is 2.80. The van der Waals surface area contributed by atoms with E-state index >= 15 is 0 Å². The number of hydrogen-bond acceptors (Lipinski definition) is 2. The minimum Gasteiger partial charge on any atom is -0.309 e. The number of aryl methyl sites for hydroxylation is 1. The van der Waals surface area contributed by atoms with Crippen LogP contribution >= 0.6 is 0 Å². The normalized spacial score (nSPS) is 19.0. The fourth-order valence-corrected chi connectivity index (χ4v) is 2.80. The van der Waals surface area contributed by atoms with Crippen LogP contribution in [0.2, 0.25) is 0 Å². The molecule has 1 N–H and O–H groups in total. The molecule has 1 aliphatic heterocycles. The molecule has 0 saturated carbocycles. The molecule has 0 spiro atoms. The lowest BCUT2D eigenvalue weighted by molar-refractivity contribution is 0.605. The Kier molecular flexibility index (Phi) is 3.11. The Labute approximate surface area is 112 Å². The molecular weight excluding hydrogens is 241 g/mol. The lowest BCUT2D eigenvalue weighted by Crippen LogP contribution is -2.14. The predicted molar refractivity (Wildman–Crippen MR) is 73.3 cm³/mol. The standard InChI is InChI=1S/C15H18FN3/c1-10-14(11-5-3-6-12(16)9-11)15(18-19(10)2)13-7-4-8-17-13/h3,5-6,9,13,17H,4,7-8H2,1-2H3. The van der Waals surface area contributed by atoms with Crippen molar-refractivity contribution >= 4 is 0 Å². The number of nitrogens with zero attached hydrogens (tertiary/aromatic N) is 2. The van der Waals surface area contributed by atoms with Crippen LogP contribution in [-0.2, 0) is 7.05 Å². The van der Waals surface area contributed by atoms with Crippen molar-refractivity contribution < 1.29 is 4.39 Å². The zero-order chi connectivity index (χ0) is 13.4. The number of rotatable bonds is 2. The largest absolute Gasteiger partial charge is 0.309 e. The first-order chi connectivity index (χ1) is 9.16. The lowest BCUT2D eigenvalue weighted by Gasteiger charge is -2.10. The molecule has 19 heavy (non-hydrogen) atoms. The molecule has 1 aromatic heterocycles. The highest BCUT2D eigenvalue weighted by molar-refractivity contribution is 5.69. The molecule has 4 heteroatoms. The summed E-state index contributed by atoms with van der Waals surface area (Å²) in [4.78, 5) is 0. The van der Waals surface area contributed by atoms with Crippen LogP contribution < -0.4 is 5.32 Å². The molecule has 0 radical (unpaired) electrons. The van der Waals surface area contributed by atoms with Crippen molar-refractivity contribution in [3.63, 3.8) is 0 Å². The third kappa shape index (κ3) is 2.16. The van der Waals surface area contributed by atoms with Crippen LogP contribution in [0.5, 0.6) is 0 Å². The summed E-state index contributed by atoms with van der Waals surface area (Å²) < 4.78 is 15.3. The second kappa shape index (κ2) is 4.78. The van der Waals surface area contributed by atoms with E-state index in [1.807, 2.05) is 24.7 Å². The molecule has 1 aliphatic rings. The SMILES string of the molecule is Cc1c(-c2cccc(F)c2)c(C2CCCN2)nn1C. The number of hydrogen-bond donors (Lipinski definition) is 1. The molecule has 2 heterocycles. The summed E-state index contributed by atoms with van der Waals surface area (Å²) in [5.41, 5.74) is 4.10. The minimum absolute atomic E-state index is 0.203. The first-order valence-electron chi connectivity index (χ1n) is 6.69. The smallest absolute Gasteiger partial charge is 0.123 e. The van der Waals surface area contributed by atoms with Gasteiger partial charge >= 0.3 is 0 Å². The van der Waals surface area contributed by atoms with E-state index in [0.717, 1.165) is 35.5 Å². The van der Waals surface area contributed by atoms with E-state index in [2.05, 4.69) is 10.4 Å². The Morgan fingerprint density at radius 3 is 2.95 bits per heavy atom. The van der Waals surface area contributed by atoms with E-state index in [1.54, 1.807) is 12.1 Å². The molecule has 3 rings (SSSR count). The number of nitrogens with one attached hydrogen (secondary N) is 1. The van der Waals surface area contributed by atoms with E-state index in [9.17, 15) is 4.39 Å². The molecule has 0 bridgehead atoms. The average Bonchev–Trinajstić information content (AvgIpc) is 2.99. The van der Waals surface area contributed by atoms with Crippen LogP contribution in [0.3, 0.4) is 0 Å². The van der Waals surface area contributed by atoms with Gasteiger partial charge in [0.25, 0.3) is 0 Å². The molecule has 100 valence electrons. The minimum atomic E-state index is -0.203. The lowest BCUT2D eigenvalue weighted by atomic mass is 9.99. The second-order valence-corrected chi connectivity index (χ2v) is 5.13. The summed E-state index contributed by atoms with van der Waals surface area (Å²) in [7, 11) is 1.94. The van der Waals surface area contributed by atoms with Crippen LogP contribution in [0.4, 0.5) is 4.39 Å². The Morgan fingerprint density at radius 1 is 1.42 bits per heavy atom. The van der Waals surface area contributed by atoms with Crippen LogP contribution in [0.1, 0.15) is 30.3 Å². The number of halogens is 1. The van der Waals surface area contributed by atoms with Crippen molar-refractivity contribution in [3.05, 3.63) is 41.5 Å². The molecule has 0 aliphatic carbocycles. The molecule has 1 atom stereocenters. The van der Waals surface area contributed by atoms with Gasteiger partial charge in [-0.3, -0.25) is 4.68 Å². The van der Waals surface area contributed by atoms with Gasteiger partial charge in [-0.15, -0.1) is 0 Å². The van der Waals surface area contributed by atoms with Gasteiger partial charge in [-0.05, 0) is 44.0 Å². The summed E-state index contributed by atoms with van der Waals surface area (Å²) in [5, 5.41) is 8.10. The van der Waals surface area contributed by atoms with Gasteiger partial charge in [0, 0.05) is 18.3 Å². The van der Waals surface area contributed by atoms with Crippen molar-refractivity contribution in [2.45, 2.75) is 25.8 Å². The monoisotopic (exact) mass is 259 g/mol. The summed E-state index contributed by atoms with van der Waals surface area (Å²) >= 11 is 0. The van der Waals surface area contributed by atoms with E-state index in [1.165, 1.54) is 12.5 Å². The highest BCUT2D eigenvalue weighted by atomic mass is 19.1. The van der Waals surface area contributed by atoms with Gasteiger partial charge in [-0.1, -0.05) is 12.1 Å². The van der Waals surface area contributed by atoms with Crippen molar-refractivity contribution in [2.75, 3.05) is 6.54 Å². The fraction of sp³-hybridized carbons (Fsp3) is 0.400. The van der Waals surface area contributed by atoms with Crippen molar-refractivity contribution in [1.82, 2.24) is 15.1 Å². The molecule has 1 fully saturated rings. The highest BCUT2D eigenvalue weighted by Crippen LogP contribution is 2.34. The second-order valence-electron chi connectivity index (χ2n) is 5.13. The average molecular weight is 259 g/mol. The van der Waals surface area contributed by atoms with E-state index in [0.29, 0.717) is 0 Å². The van der Waals surface area contributed by atoms with Crippen LogP contribution in [-0.4, -0.2) is 16.3 Å². The third-order valence-electron chi connectivity index (χ3n) is 3.86. The number of aromatic nitrogens is 2. The van der Waals surface area contributed by atoms with Gasteiger partial charge in [0.05, 0.1) is 11.7 Å². The Bertz CT molecular complexity index is 597. The predicted octanol–water partition coefficient (Wildman–Crippen LogP) is 2.96. The molecule has 1 aromatic carbocycles. The maximum Gasteiger partial charge on any atom is 0.123 e. The molecule has 2 aromatic rings. The molecule has 1 saturated heterocycles. The highest BCUT2D eigenvalue weighted by Gasteiger charge is 2.25. The zero-order valence-electron chi connectivity index (χ0n) is 11.3. The van der Waals surface area contributed by atoms with E-state index in [-0.39, 0.29) is 11.9 Å². The van der Waals surface area contributed by atoms with Gasteiger partial charge in [0.1, 0.15) is 5.82 Å². The first kappa shape index (κ1) is 12.4. The van der Waals surface area contributed by atoms with Crippen LogP contribution in [0.25, 0.3) is 11.1 Å². The third-order valence-corrected chi connectivity index (χ3v) is 3.86. The molecule has 0 amide bonds. The van der Waals surface area contributed by atoms with Gasteiger partial charge in [-0.2, -0.15) is 5.10 Å². The Balaban J connectivity index is 2.13. The van der Waals surface area contributed by atoms with Crippen molar-refractivity contribution in [1.29, 1.82) is 0 Å². The van der Waals surface area contributed by atoms with Gasteiger partial charge in [0.2, 0.25) is 0 Å². The summed E-state index contributed by atoms with van der Waals surface area (Å²) in [6, 6.07) is 7.05. The first-order valence-corrected chi connectivity index (χ1v) is 6.69. The van der Waals surface area contributed by atoms with Gasteiger partial charge in [-0.25, -0.2) is 4.39 Å². The maximum atomic E-state index is 13.5. The van der Waals surface area contributed by atoms with E-state index in [4.69, 9.17) is 0 Å². The van der Waals surface area contributed by atoms with Gasteiger partial charge < -0.3 is 5.32 Å². The topological polar surface area (TPSA) is 29.9 Å². The molecule has 3 nitrogen and oxygen atoms in total. The maximum absolute atomic E-state index is 13.5.